The van der Waals surface area contributed by atoms with Crippen LogP contribution in [0.25, 0.3) is 0 Å². The summed E-state index contributed by atoms with van der Waals surface area (Å²) < 4.78 is 0. The maximum Gasteiger partial charge on any atom is 0.270 e. The number of carbonyl (C=O) groups is 12. The molecule has 3 saturated carbocycles. The minimum atomic E-state index is -0.651. The molecule has 7 aromatic carbocycles. The zero-order valence-corrected chi connectivity index (χ0v) is 71.4. The molecule has 6 heterocycles. The van der Waals surface area contributed by atoms with Crippen LogP contribution < -0.4 is 4.90 Å². The Labute approximate surface area is 728 Å². The number of amides is 12. The first-order valence-electron chi connectivity index (χ1n) is 42.3. The van der Waals surface area contributed by atoms with Crippen molar-refractivity contribution in [2.75, 3.05) is 18.0 Å². The smallest absolute Gasteiger partial charge is 0.270 e. The van der Waals surface area contributed by atoms with Crippen molar-refractivity contribution in [1.82, 2.24) is 24.5 Å². The van der Waals surface area contributed by atoms with E-state index in [1.807, 2.05) is 13.8 Å². The Kier molecular flexibility index (Phi) is 28.9. The number of rotatable bonds is 20. The molecule has 0 spiro atoms. The van der Waals surface area contributed by atoms with Crippen molar-refractivity contribution in [3.63, 3.8) is 0 Å². The Balaban J connectivity index is 0.000000149. The normalized spacial score (nSPS) is 16.8. The Bertz CT molecular complexity index is 5650. The number of benzene rings is 7. The highest BCUT2D eigenvalue weighted by Gasteiger charge is 2.48. The van der Waals surface area contributed by atoms with E-state index in [1.54, 1.807) is 65.0 Å². The van der Waals surface area contributed by atoms with Crippen molar-refractivity contribution >= 4 is 111 Å². The molecule has 0 N–H and O–H groups in total. The minimum absolute atomic E-state index is 0.0600. The zero-order chi connectivity index (χ0) is 92.5. The predicted octanol–water partition coefficient (Wildman–Crippen LogP) is 17.7. The number of nitro groups is 6. The van der Waals surface area contributed by atoms with Crippen LogP contribution in [0.3, 0.4) is 0 Å². The van der Waals surface area contributed by atoms with Gasteiger partial charge in [0.15, 0.2) is 0 Å². The van der Waals surface area contributed by atoms with Crippen LogP contribution in [-0.4, -0.2) is 155 Å². The summed E-state index contributed by atoms with van der Waals surface area (Å²) in [4.78, 5) is 217. The van der Waals surface area contributed by atoms with Crippen molar-refractivity contribution in [2.24, 2.45) is 23.7 Å². The molecule has 0 aromatic heterocycles. The monoisotopic (exact) mass is 1740 g/mol. The third-order valence-corrected chi connectivity index (χ3v) is 24.7. The van der Waals surface area contributed by atoms with Gasteiger partial charge < -0.3 is 0 Å². The molecule has 16 rings (SSSR count). The Morgan fingerprint density at radius 1 is 0.339 bits per heavy atom. The van der Waals surface area contributed by atoms with E-state index in [0.29, 0.717) is 48.5 Å². The highest BCUT2D eigenvalue weighted by molar-refractivity contribution is 6.35. The average molecular weight is 1740 g/mol. The number of fused-ring (bicyclic) bond motifs is 6. The van der Waals surface area contributed by atoms with Gasteiger partial charge in [0, 0.05) is 103 Å². The van der Waals surface area contributed by atoms with E-state index in [2.05, 4.69) is 6.92 Å². The van der Waals surface area contributed by atoms with Crippen molar-refractivity contribution in [3.05, 3.63) is 267 Å². The van der Waals surface area contributed by atoms with Crippen LogP contribution in [0, 0.1) is 84.4 Å². The molecule has 36 heteroatoms. The quantitative estimate of drug-likeness (QED) is 0.0388. The third-order valence-electron chi connectivity index (χ3n) is 24.7. The van der Waals surface area contributed by atoms with Crippen LogP contribution >= 0.6 is 0 Å². The van der Waals surface area contributed by atoms with Gasteiger partial charge in [0.1, 0.15) is 0 Å². The molecule has 3 fully saturated rings. The van der Waals surface area contributed by atoms with E-state index >= 15 is 0 Å². The van der Waals surface area contributed by atoms with Crippen molar-refractivity contribution in [1.29, 1.82) is 0 Å². The third kappa shape index (κ3) is 19.8. The van der Waals surface area contributed by atoms with E-state index in [4.69, 9.17) is 0 Å². The largest absolute Gasteiger partial charge is 0.274 e. The van der Waals surface area contributed by atoms with Crippen LogP contribution in [0.1, 0.15) is 308 Å². The molecule has 3 aliphatic carbocycles. The molecule has 664 valence electrons. The van der Waals surface area contributed by atoms with Crippen LogP contribution in [0.5, 0.6) is 0 Å². The van der Waals surface area contributed by atoms with Crippen LogP contribution in [-0.2, 0) is 0 Å². The first-order valence-corrected chi connectivity index (χ1v) is 42.3. The second-order valence-electron chi connectivity index (χ2n) is 34.0. The van der Waals surface area contributed by atoms with Crippen LogP contribution in [0.4, 0.5) is 39.8 Å². The zero-order valence-electron chi connectivity index (χ0n) is 71.4. The first-order chi connectivity index (χ1) is 60.3. The van der Waals surface area contributed by atoms with Gasteiger partial charge in [-0.25, -0.2) is 4.90 Å². The summed E-state index contributed by atoms with van der Waals surface area (Å²) in [5.41, 5.74) is 0.401. The molecule has 127 heavy (non-hydrogen) atoms. The number of non-ortho nitro benzene ring substituents is 6. The lowest BCUT2D eigenvalue weighted by Crippen LogP contribution is -2.47. The number of unbranched alkanes of at least 4 members (excludes halogenated alkanes) is 1. The van der Waals surface area contributed by atoms with Gasteiger partial charge in [0.2, 0.25) is 0 Å². The maximum absolute atomic E-state index is 13.0. The number of anilines is 1. The van der Waals surface area contributed by atoms with E-state index in [0.717, 1.165) is 79.7 Å². The van der Waals surface area contributed by atoms with Gasteiger partial charge in [-0.1, -0.05) is 142 Å². The second-order valence-corrected chi connectivity index (χ2v) is 34.0. The Morgan fingerprint density at radius 2 is 0.630 bits per heavy atom. The topological polar surface area (TPSA) is 483 Å². The fourth-order valence-corrected chi connectivity index (χ4v) is 17.5. The summed E-state index contributed by atoms with van der Waals surface area (Å²) in [5, 5.41) is 64.8. The highest BCUT2D eigenvalue weighted by atomic mass is 16.6. The summed E-state index contributed by atoms with van der Waals surface area (Å²) in [7, 11) is 0. The van der Waals surface area contributed by atoms with Gasteiger partial charge in [-0.3, -0.25) is 143 Å². The number of nitro benzene ring substituents is 6. The lowest BCUT2D eigenvalue weighted by atomic mass is 9.69. The van der Waals surface area contributed by atoms with Crippen molar-refractivity contribution in [2.45, 2.75) is 201 Å². The summed E-state index contributed by atoms with van der Waals surface area (Å²) >= 11 is 0. The fourth-order valence-electron chi connectivity index (χ4n) is 17.5. The molecule has 36 nitrogen and oxygen atoms in total. The standard InChI is InChI=1S/C22H28N2O4.C16H20N2O4.C14H14N2O4.C14H8N2O4.C13H14N2O4.C12H12N2O4/c25-21-18-12-11-17(24(27)28)13-19(18)22(26)23(21)14-20(15-7-3-1-4-8-15)16-9-5-2-6-10-16;1-3-5-6-11(4-2)10-17-15(19)13-8-7-12(18(21)22)9-14(13)16(17)20;2*17-13-11-7-6-10(16(19)20)8-12(11)14(18)15(13)9-4-2-1-3-5-9;1-4-13(2,3)14-11(16)9-6-5-8(15(18)19)7-10(9)12(14)17;1-12(2,3)13-10(15)8-5-4-7(14(17)18)6-9(8)11(13)16/h11-13,15-16,20H,1-10,14H2;7-9,11H,3-6,10H2,1-2H3;6-9H,1-5H2;1-8H;5-7H,4H2,1-3H3;4-6H,1-3H3. The van der Waals surface area contributed by atoms with E-state index in [1.165, 1.54) is 181 Å². The fraction of sp³-hybridized carbons (Fsp3) is 0.407. The number of para-hydroxylation sites is 1. The summed E-state index contributed by atoms with van der Waals surface area (Å²) in [6, 6.07) is 31.3. The first kappa shape index (κ1) is 93.5. The van der Waals surface area contributed by atoms with E-state index in [-0.39, 0.29) is 143 Å². The highest BCUT2D eigenvalue weighted by Crippen LogP contribution is 2.44. The number of imide groups is 6. The Morgan fingerprint density at radius 3 is 0.992 bits per heavy atom. The van der Waals surface area contributed by atoms with E-state index in [9.17, 15) is 118 Å². The molecule has 0 bridgehead atoms. The number of carbonyl (C=O) groups excluding carboxylic acids is 12. The summed E-state index contributed by atoms with van der Waals surface area (Å²) in [6.07, 6.45) is 21.7. The molecule has 1 atom stereocenters. The molecule has 0 radical (unpaired) electrons. The summed E-state index contributed by atoms with van der Waals surface area (Å²) in [5.74, 6) is -3.06. The molecular weight excluding hydrogens is 1650 g/mol. The Hall–Kier alpha value is -14.2. The lowest BCUT2D eigenvalue weighted by Gasteiger charge is -2.39. The lowest BCUT2D eigenvalue weighted by molar-refractivity contribution is -0.385. The maximum atomic E-state index is 13.0. The van der Waals surface area contributed by atoms with Crippen LogP contribution in [0.15, 0.2) is 140 Å². The number of hydrogen-bond acceptors (Lipinski definition) is 24. The number of hydrogen-bond donors (Lipinski definition) is 0. The molecule has 1 unspecified atom stereocenters. The molecule has 9 aliphatic rings. The molecule has 6 aliphatic heterocycles. The minimum Gasteiger partial charge on any atom is -0.274 e. The molecule has 7 aromatic rings. The second kappa shape index (κ2) is 39.3. The van der Waals surface area contributed by atoms with Crippen molar-refractivity contribution < 1.29 is 87.1 Å². The van der Waals surface area contributed by atoms with Gasteiger partial charge >= 0.3 is 0 Å². The van der Waals surface area contributed by atoms with Crippen molar-refractivity contribution in [3.8, 4) is 0 Å². The van der Waals surface area contributed by atoms with Gasteiger partial charge in [0.05, 0.1) is 102 Å². The molecular formula is C91H96N12O24. The average Bonchev–Trinajstić information content (AvgIpc) is 1.63. The number of nitrogens with zero attached hydrogens (tertiary/aromatic N) is 12. The predicted molar refractivity (Wildman–Crippen MR) is 459 cm³/mol. The molecule has 0 saturated heterocycles. The van der Waals surface area contributed by atoms with E-state index < -0.39 is 76.1 Å². The van der Waals surface area contributed by atoms with Gasteiger partial charge in [-0.2, -0.15) is 0 Å². The van der Waals surface area contributed by atoms with Gasteiger partial charge in [-0.05, 0) is 133 Å². The molecule has 12 amide bonds. The SMILES string of the molecule is CC(C)(C)N1C(=O)c2ccc([N+](=O)[O-])cc2C1=O.CCC(C)(C)N1C(=O)c2ccc([N+](=O)[O-])cc2C1=O.CCCCC(CC)CN1C(=O)c2ccc([N+](=O)[O-])cc2C1=O.O=C1c2ccc([N+](=O)[O-])cc2C(=O)N1C1CCCCC1.O=C1c2ccc([N+](=O)[O-])cc2C(=O)N1CC(C1CCCCC1)C1CCCCC1.O=C1c2ccc([N+](=O)[O-])cc2C(=O)N1c1ccccc1. The van der Waals surface area contributed by atoms with Gasteiger partial charge in [-0.15, -0.1) is 0 Å². The van der Waals surface area contributed by atoms with Crippen LogP contribution in [0.2, 0.25) is 0 Å². The summed E-state index contributed by atoms with van der Waals surface area (Å²) in [6.45, 7) is 15.7. The van der Waals surface area contributed by atoms with Gasteiger partial charge in [0.25, 0.3) is 105 Å².